The maximum Gasteiger partial charge on any atom is 0.420 e. The summed E-state index contributed by atoms with van der Waals surface area (Å²) in [5.41, 5.74) is 0.313. The van der Waals surface area contributed by atoms with Crippen LogP contribution >= 0.6 is 0 Å². The van der Waals surface area contributed by atoms with Crippen molar-refractivity contribution in [1.82, 2.24) is 4.57 Å². The molecule has 0 aliphatic rings. The van der Waals surface area contributed by atoms with Gasteiger partial charge in [0.1, 0.15) is 0 Å². The number of rotatable bonds is 2. The van der Waals surface area contributed by atoms with Crippen LogP contribution < -0.4 is 5.76 Å². The first-order valence-electron chi connectivity index (χ1n) is 4.56. The quantitative estimate of drug-likeness (QED) is 0.794. The minimum Gasteiger partial charge on any atom is -0.405 e. The fraction of sp³-hybridized carbons (Fsp3) is 0.300. The molecule has 0 saturated carbocycles. The van der Waals surface area contributed by atoms with E-state index in [9.17, 15) is 18.0 Å². The molecule has 3 nitrogen and oxygen atoms in total. The number of oxazole rings is 1. The van der Waals surface area contributed by atoms with Crippen LogP contribution in [-0.2, 0) is 6.54 Å². The van der Waals surface area contributed by atoms with Crippen LogP contribution in [0.4, 0.5) is 13.2 Å². The molecule has 0 N–H and O–H groups in total. The molecule has 0 atom stereocenters. The van der Waals surface area contributed by atoms with Gasteiger partial charge in [-0.05, 0) is 24.6 Å². The Morgan fingerprint density at radius 3 is 2.75 bits per heavy atom. The lowest BCUT2D eigenvalue weighted by molar-refractivity contribution is 0.125. The molecule has 6 heteroatoms. The van der Waals surface area contributed by atoms with E-state index in [1.165, 1.54) is 12.1 Å². The van der Waals surface area contributed by atoms with Crippen LogP contribution in [0.5, 0.6) is 0 Å². The highest BCUT2D eigenvalue weighted by atomic mass is 19.3. The number of benzene rings is 1. The first kappa shape index (κ1) is 10.8. The summed E-state index contributed by atoms with van der Waals surface area (Å²) >= 11 is 0. The third-order valence-electron chi connectivity index (χ3n) is 2.19. The lowest BCUT2D eigenvalue weighted by Gasteiger charge is -2.01. The van der Waals surface area contributed by atoms with Crippen LogP contribution in [-0.4, -0.2) is 11.0 Å². The summed E-state index contributed by atoms with van der Waals surface area (Å²) in [6.45, 7) is 0.807. The van der Waals surface area contributed by atoms with Crippen LogP contribution in [0.1, 0.15) is 5.56 Å². The zero-order valence-electron chi connectivity index (χ0n) is 8.34. The molecule has 0 radical (unpaired) electrons. The van der Waals surface area contributed by atoms with Crippen LogP contribution in [0.25, 0.3) is 11.1 Å². The molecule has 2 rings (SSSR count). The Morgan fingerprint density at radius 2 is 2.12 bits per heavy atom. The van der Waals surface area contributed by atoms with Crippen LogP contribution in [0.3, 0.4) is 0 Å². The maximum atomic E-state index is 13.3. The van der Waals surface area contributed by atoms with Crippen molar-refractivity contribution in [2.75, 3.05) is 0 Å². The van der Waals surface area contributed by atoms with Gasteiger partial charge < -0.3 is 4.42 Å². The van der Waals surface area contributed by atoms with Gasteiger partial charge >= 0.3 is 5.76 Å². The van der Waals surface area contributed by atoms with E-state index in [2.05, 4.69) is 4.42 Å². The number of hydrogen-bond donors (Lipinski definition) is 0. The molecule has 1 heterocycles. The van der Waals surface area contributed by atoms with Gasteiger partial charge in [0.25, 0.3) is 6.43 Å². The zero-order chi connectivity index (χ0) is 11.9. The molecule has 2 aromatic rings. The first-order valence-corrected chi connectivity index (χ1v) is 4.56. The van der Waals surface area contributed by atoms with E-state index in [0.717, 1.165) is 4.57 Å². The summed E-state index contributed by atoms with van der Waals surface area (Å²) in [7, 11) is 0. The van der Waals surface area contributed by atoms with Crippen molar-refractivity contribution in [1.29, 1.82) is 0 Å². The van der Waals surface area contributed by atoms with Gasteiger partial charge in [-0.25, -0.2) is 18.0 Å². The fourth-order valence-electron chi connectivity index (χ4n) is 1.56. The average Bonchev–Trinajstić information content (AvgIpc) is 2.45. The van der Waals surface area contributed by atoms with E-state index in [1.807, 2.05) is 0 Å². The van der Waals surface area contributed by atoms with Gasteiger partial charge in [0.2, 0.25) is 0 Å². The molecule has 0 bridgehead atoms. The Morgan fingerprint density at radius 1 is 1.44 bits per heavy atom. The molecule has 0 saturated heterocycles. The monoisotopic (exact) mass is 231 g/mol. The van der Waals surface area contributed by atoms with E-state index in [4.69, 9.17) is 0 Å². The van der Waals surface area contributed by atoms with Crippen molar-refractivity contribution >= 4 is 11.1 Å². The molecule has 16 heavy (non-hydrogen) atoms. The van der Waals surface area contributed by atoms with Gasteiger partial charge in [0.15, 0.2) is 11.4 Å². The predicted molar refractivity (Wildman–Crippen MR) is 51.2 cm³/mol. The smallest absolute Gasteiger partial charge is 0.405 e. The highest BCUT2D eigenvalue weighted by molar-refractivity contribution is 5.74. The van der Waals surface area contributed by atoms with Gasteiger partial charge in [0.05, 0.1) is 12.1 Å². The Bertz CT molecular complexity index is 585. The normalized spacial score (nSPS) is 11.6. The van der Waals surface area contributed by atoms with Gasteiger partial charge in [-0.1, -0.05) is 0 Å². The number of halogens is 3. The highest BCUT2D eigenvalue weighted by Gasteiger charge is 2.16. The molecule has 86 valence electrons. The SMILES string of the molecule is Cc1cc(F)c2oc(=O)n(CC(F)F)c2c1. The standard InChI is InChI=1S/C10H8F3NO2/c1-5-2-6(11)9-7(3-5)14(4-8(12)13)10(15)16-9/h2-3,8H,4H2,1H3. The second-order valence-corrected chi connectivity index (χ2v) is 3.46. The van der Waals surface area contributed by atoms with Gasteiger partial charge in [-0.2, -0.15) is 0 Å². The third kappa shape index (κ3) is 1.70. The molecule has 1 aromatic heterocycles. The largest absolute Gasteiger partial charge is 0.420 e. The number of aromatic nitrogens is 1. The second-order valence-electron chi connectivity index (χ2n) is 3.46. The zero-order valence-corrected chi connectivity index (χ0v) is 8.34. The minimum atomic E-state index is -2.69. The van der Waals surface area contributed by atoms with Gasteiger partial charge in [-0.15, -0.1) is 0 Å². The Balaban J connectivity index is 2.73. The highest BCUT2D eigenvalue weighted by Crippen LogP contribution is 2.19. The number of fused-ring (bicyclic) bond motifs is 1. The van der Waals surface area contributed by atoms with Gasteiger partial charge in [-0.3, -0.25) is 4.57 Å². The Kier molecular flexibility index (Phi) is 2.49. The molecule has 0 amide bonds. The van der Waals surface area contributed by atoms with E-state index >= 15 is 0 Å². The van der Waals surface area contributed by atoms with Crippen molar-refractivity contribution in [3.05, 3.63) is 34.1 Å². The lowest BCUT2D eigenvalue weighted by Crippen LogP contribution is -2.18. The van der Waals surface area contributed by atoms with Crippen molar-refractivity contribution in [3.63, 3.8) is 0 Å². The van der Waals surface area contributed by atoms with Gasteiger partial charge in [0, 0.05) is 0 Å². The average molecular weight is 231 g/mol. The third-order valence-corrected chi connectivity index (χ3v) is 2.19. The van der Waals surface area contributed by atoms with Crippen LogP contribution in [0.2, 0.25) is 0 Å². The Hall–Kier alpha value is -1.72. The molecule has 0 unspecified atom stereocenters. The van der Waals surface area contributed by atoms with E-state index in [1.54, 1.807) is 6.92 Å². The molecule has 0 aliphatic carbocycles. The van der Waals surface area contributed by atoms with Crippen molar-refractivity contribution in [2.24, 2.45) is 0 Å². The summed E-state index contributed by atoms with van der Waals surface area (Å²) in [4.78, 5) is 11.2. The van der Waals surface area contributed by atoms with Crippen LogP contribution in [0.15, 0.2) is 21.3 Å². The Labute approximate surface area is 88.1 Å². The summed E-state index contributed by atoms with van der Waals surface area (Å²) < 4.78 is 43.1. The molecule has 0 fully saturated rings. The van der Waals surface area contributed by atoms with Crippen molar-refractivity contribution in [3.8, 4) is 0 Å². The molecule has 0 aliphatic heterocycles. The number of hydrogen-bond acceptors (Lipinski definition) is 2. The summed E-state index contributed by atoms with van der Waals surface area (Å²) in [6.07, 6.45) is -2.69. The number of aryl methyl sites for hydroxylation is 1. The molecular formula is C10H8F3NO2. The topological polar surface area (TPSA) is 35.1 Å². The summed E-state index contributed by atoms with van der Waals surface area (Å²) in [6, 6.07) is 2.61. The number of alkyl halides is 2. The minimum absolute atomic E-state index is 0.0581. The van der Waals surface area contributed by atoms with E-state index in [0.29, 0.717) is 5.56 Å². The van der Waals surface area contributed by atoms with Crippen molar-refractivity contribution in [2.45, 2.75) is 19.9 Å². The predicted octanol–water partition coefficient (Wildman–Crippen LogP) is 2.31. The molecule has 1 aromatic carbocycles. The summed E-state index contributed by atoms with van der Waals surface area (Å²) in [5, 5.41) is 0. The van der Waals surface area contributed by atoms with Crippen LogP contribution in [0, 0.1) is 12.7 Å². The lowest BCUT2D eigenvalue weighted by atomic mass is 10.2. The summed E-state index contributed by atoms with van der Waals surface area (Å²) in [5.74, 6) is -1.69. The molecular weight excluding hydrogens is 223 g/mol. The van der Waals surface area contributed by atoms with Crippen molar-refractivity contribution < 1.29 is 17.6 Å². The second kappa shape index (κ2) is 3.70. The maximum absolute atomic E-state index is 13.3. The first-order chi connectivity index (χ1) is 7.49. The molecule has 0 spiro atoms. The van der Waals surface area contributed by atoms with E-state index < -0.39 is 24.5 Å². The number of nitrogens with zero attached hydrogens (tertiary/aromatic N) is 1. The fourth-order valence-corrected chi connectivity index (χ4v) is 1.56. The van der Waals surface area contributed by atoms with E-state index in [-0.39, 0.29) is 11.1 Å².